The standard InChI is InChI=1S/C14H15F2N3O2S/c1-8-12(19-14(22-8)18-11(20)7-17-2)9-3-5-10(6-4-9)21-13(15)16/h3-6,13,17H,7H2,1-2H3,(H,18,19,20). The molecule has 0 aliphatic carbocycles. The summed E-state index contributed by atoms with van der Waals surface area (Å²) in [7, 11) is 1.68. The first-order valence-corrected chi connectivity index (χ1v) is 7.28. The summed E-state index contributed by atoms with van der Waals surface area (Å²) < 4.78 is 28.5. The van der Waals surface area contributed by atoms with Crippen molar-refractivity contribution in [2.24, 2.45) is 0 Å². The minimum absolute atomic E-state index is 0.0918. The number of aromatic nitrogens is 1. The minimum atomic E-state index is -2.85. The third-order valence-electron chi connectivity index (χ3n) is 2.73. The van der Waals surface area contributed by atoms with Crippen LogP contribution < -0.4 is 15.4 Å². The summed E-state index contributed by atoms with van der Waals surface area (Å²) in [6, 6.07) is 6.22. The van der Waals surface area contributed by atoms with E-state index >= 15 is 0 Å². The lowest BCUT2D eigenvalue weighted by atomic mass is 10.1. The molecule has 1 aromatic heterocycles. The fraction of sp³-hybridized carbons (Fsp3) is 0.286. The fourth-order valence-electron chi connectivity index (χ4n) is 1.84. The van der Waals surface area contributed by atoms with Crippen LogP contribution >= 0.6 is 11.3 Å². The Morgan fingerprint density at radius 2 is 2.05 bits per heavy atom. The quantitative estimate of drug-likeness (QED) is 0.856. The number of hydrogen-bond acceptors (Lipinski definition) is 5. The van der Waals surface area contributed by atoms with Crippen molar-refractivity contribution in [3.8, 4) is 17.0 Å². The molecule has 1 amide bonds. The molecule has 0 spiro atoms. The lowest BCUT2D eigenvalue weighted by molar-refractivity contribution is -0.115. The Labute approximate surface area is 130 Å². The van der Waals surface area contributed by atoms with Crippen molar-refractivity contribution >= 4 is 22.4 Å². The Morgan fingerprint density at radius 1 is 1.36 bits per heavy atom. The zero-order valence-corrected chi connectivity index (χ0v) is 12.8. The van der Waals surface area contributed by atoms with E-state index in [1.165, 1.54) is 23.5 Å². The largest absolute Gasteiger partial charge is 0.435 e. The summed E-state index contributed by atoms with van der Waals surface area (Å²) >= 11 is 1.36. The first-order chi connectivity index (χ1) is 10.5. The normalized spacial score (nSPS) is 10.8. The van der Waals surface area contributed by atoms with E-state index < -0.39 is 6.61 Å². The highest BCUT2D eigenvalue weighted by molar-refractivity contribution is 7.16. The molecule has 118 valence electrons. The smallest absolute Gasteiger partial charge is 0.387 e. The van der Waals surface area contributed by atoms with Crippen LogP contribution in [0.4, 0.5) is 13.9 Å². The molecule has 2 rings (SSSR count). The third kappa shape index (κ3) is 4.22. The van der Waals surface area contributed by atoms with Gasteiger partial charge in [-0.05, 0) is 38.2 Å². The Bertz CT molecular complexity index is 644. The van der Waals surface area contributed by atoms with Gasteiger partial charge in [0, 0.05) is 10.4 Å². The van der Waals surface area contributed by atoms with Gasteiger partial charge >= 0.3 is 6.61 Å². The monoisotopic (exact) mass is 327 g/mol. The second-order valence-electron chi connectivity index (χ2n) is 4.41. The van der Waals surface area contributed by atoms with E-state index in [0.29, 0.717) is 10.8 Å². The van der Waals surface area contributed by atoms with Gasteiger partial charge in [-0.1, -0.05) is 0 Å². The predicted molar refractivity (Wildman–Crippen MR) is 81.5 cm³/mol. The van der Waals surface area contributed by atoms with Crippen LogP contribution in [-0.4, -0.2) is 31.1 Å². The van der Waals surface area contributed by atoms with Crippen LogP contribution in [0.15, 0.2) is 24.3 Å². The number of anilines is 1. The van der Waals surface area contributed by atoms with Gasteiger partial charge in [0.15, 0.2) is 5.13 Å². The first kappa shape index (κ1) is 16.3. The highest BCUT2D eigenvalue weighted by atomic mass is 32.1. The van der Waals surface area contributed by atoms with Crippen molar-refractivity contribution in [3.63, 3.8) is 0 Å². The summed E-state index contributed by atoms with van der Waals surface area (Å²) in [4.78, 5) is 16.8. The molecule has 1 aromatic carbocycles. The molecule has 0 fully saturated rings. The summed E-state index contributed by atoms with van der Waals surface area (Å²) in [5, 5.41) is 5.95. The first-order valence-electron chi connectivity index (χ1n) is 6.46. The highest BCUT2D eigenvalue weighted by Crippen LogP contribution is 2.31. The van der Waals surface area contributed by atoms with E-state index in [4.69, 9.17) is 0 Å². The maximum Gasteiger partial charge on any atom is 0.387 e. The van der Waals surface area contributed by atoms with Crippen molar-refractivity contribution < 1.29 is 18.3 Å². The van der Waals surface area contributed by atoms with Crippen molar-refractivity contribution in [2.75, 3.05) is 18.9 Å². The average molecular weight is 327 g/mol. The molecule has 0 atom stereocenters. The molecule has 5 nitrogen and oxygen atoms in total. The van der Waals surface area contributed by atoms with Crippen molar-refractivity contribution in [2.45, 2.75) is 13.5 Å². The molecule has 1 heterocycles. The van der Waals surface area contributed by atoms with E-state index in [9.17, 15) is 13.6 Å². The molecule has 0 bridgehead atoms. The number of thiazole rings is 1. The van der Waals surface area contributed by atoms with Crippen molar-refractivity contribution in [3.05, 3.63) is 29.1 Å². The Kier molecular flexibility index (Phi) is 5.40. The van der Waals surface area contributed by atoms with Crippen LogP contribution in [0, 0.1) is 6.92 Å². The number of aryl methyl sites for hydroxylation is 1. The Morgan fingerprint density at radius 3 is 2.64 bits per heavy atom. The number of hydrogen-bond donors (Lipinski definition) is 2. The predicted octanol–water partition coefficient (Wildman–Crippen LogP) is 2.88. The zero-order valence-electron chi connectivity index (χ0n) is 12.0. The van der Waals surface area contributed by atoms with Crippen molar-refractivity contribution in [1.82, 2.24) is 10.3 Å². The summed E-state index contributed by atoms with van der Waals surface area (Å²) in [5.41, 5.74) is 1.47. The number of nitrogens with zero attached hydrogens (tertiary/aromatic N) is 1. The second kappa shape index (κ2) is 7.28. The molecule has 0 saturated carbocycles. The molecule has 0 saturated heterocycles. The summed E-state index contributed by atoms with van der Waals surface area (Å²) in [5.74, 6) is -0.0855. The van der Waals surface area contributed by atoms with Crippen LogP contribution in [0.2, 0.25) is 0 Å². The topological polar surface area (TPSA) is 63.2 Å². The second-order valence-corrected chi connectivity index (χ2v) is 5.61. The highest BCUT2D eigenvalue weighted by Gasteiger charge is 2.12. The number of amides is 1. The maximum absolute atomic E-state index is 12.1. The van der Waals surface area contributed by atoms with E-state index in [-0.39, 0.29) is 18.2 Å². The molecule has 22 heavy (non-hydrogen) atoms. The molecule has 2 N–H and O–H groups in total. The van der Waals surface area contributed by atoms with Crippen LogP contribution in [0.5, 0.6) is 5.75 Å². The number of ether oxygens (including phenoxy) is 1. The molecule has 0 aliphatic heterocycles. The van der Waals surface area contributed by atoms with Crippen LogP contribution in [0.3, 0.4) is 0 Å². The number of carbonyl (C=O) groups is 1. The van der Waals surface area contributed by atoms with E-state index in [0.717, 1.165) is 10.4 Å². The SMILES string of the molecule is CNCC(=O)Nc1nc(-c2ccc(OC(F)F)cc2)c(C)s1. The summed E-state index contributed by atoms with van der Waals surface area (Å²) in [6.07, 6.45) is 0. The Hall–Kier alpha value is -2.06. The number of likely N-dealkylation sites (N-methyl/N-ethyl adjacent to an activating group) is 1. The number of carbonyl (C=O) groups excluding carboxylic acids is 1. The Balaban J connectivity index is 2.15. The lowest BCUT2D eigenvalue weighted by Gasteiger charge is -2.05. The van der Waals surface area contributed by atoms with Crippen LogP contribution in [-0.2, 0) is 4.79 Å². The molecule has 0 radical (unpaired) electrons. The molecule has 0 unspecified atom stereocenters. The van der Waals surface area contributed by atoms with Crippen molar-refractivity contribution in [1.29, 1.82) is 0 Å². The average Bonchev–Trinajstić information content (AvgIpc) is 2.80. The van der Waals surface area contributed by atoms with Gasteiger partial charge in [-0.15, -0.1) is 11.3 Å². The molecule has 0 aliphatic rings. The maximum atomic E-state index is 12.1. The number of rotatable bonds is 6. The van der Waals surface area contributed by atoms with E-state index in [2.05, 4.69) is 20.4 Å². The van der Waals surface area contributed by atoms with Gasteiger partial charge in [0.2, 0.25) is 5.91 Å². The van der Waals surface area contributed by atoms with Gasteiger partial charge in [-0.2, -0.15) is 8.78 Å². The van der Waals surface area contributed by atoms with Gasteiger partial charge in [0.1, 0.15) is 5.75 Å². The van der Waals surface area contributed by atoms with Gasteiger partial charge < -0.3 is 15.4 Å². The number of benzene rings is 1. The van der Waals surface area contributed by atoms with Crippen LogP contribution in [0.25, 0.3) is 11.3 Å². The van der Waals surface area contributed by atoms with Gasteiger partial charge in [0.25, 0.3) is 0 Å². The number of halogens is 2. The molecular formula is C14H15F2N3O2S. The van der Waals surface area contributed by atoms with Gasteiger partial charge in [-0.3, -0.25) is 4.79 Å². The minimum Gasteiger partial charge on any atom is -0.435 e. The summed E-state index contributed by atoms with van der Waals surface area (Å²) in [6.45, 7) is -0.765. The molecular weight excluding hydrogens is 312 g/mol. The van der Waals surface area contributed by atoms with E-state index in [1.807, 2.05) is 6.92 Å². The number of alkyl halides is 2. The molecule has 2 aromatic rings. The van der Waals surface area contributed by atoms with Crippen LogP contribution in [0.1, 0.15) is 4.88 Å². The van der Waals surface area contributed by atoms with E-state index in [1.54, 1.807) is 19.2 Å². The lowest BCUT2D eigenvalue weighted by Crippen LogP contribution is -2.24. The fourth-order valence-corrected chi connectivity index (χ4v) is 2.69. The number of nitrogens with one attached hydrogen (secondary N) is 2. The van der Waals surface area contributed by atoms with Gasteiger partial charge in [-0.25, -0.2) is 4.98 Å². The molecule has 8 heteroatoms. The van der Waals surface area contributed by atoms with Gasteiger partial charge in [0.05, 0.1) is 12.2 Å². The zero-order chi connectivity index (χ0) is 16.1. The third-order valence-corrected chi connectivity index (χ3v) is 3.62.